The molecule has 4 heteroatoms. The summed E-state index contributed by atoms with van der Waals surface area (Å²) in [5, 5.41) is 1.89. The largest absolute Gasteiger partial charge is 0.294 e. The lowest BCUT2D eigenvalue weighted by Crippen LogP contribution is -2.32. The standard InChI is InChI=1S/C11H16N2O.ClH/c1-12-13(2)9-8-11(14)10-6-4-3-5-7-10;/h3-7,12H,8-9H2,1-2H3;1H. The lowest BCUT2D eigenvalue weighted by Gasteiger charge is -2.13. The highest BCUT2D eigenvalue weighted by atomic mass is 35.5. The zero-order valence-electron chi connectivity index (χ0n) is 9.06. The fourth-order valence-electron chi connectivity index (χ4n) is 1.15. The number of hydrazine groups is 1. The van der Waals surface area contributed by atoms with E-state index >= 15 is 0 Å². The monoisotopic (exact) mass is 228 g/mol. The van der Waals surface area contributed by atoms with Gasteiger partial charge in [-0.15, -0.1) is 12.4 Å². The van der Waals surface area contributed by atoms with Crippen LogP contribution in [0.15, 0.2) is 30.3 Å². The highest BCUT2D eigenvalue weighted by Crippen LogP contribution is 2.02. The Morgan fingerprint density at radius 1 is 1.33 bits per heavy atom. The van der Waals surface area contributed by atoms with Gasteiger partial charge in [0, 0.05) is 25.6 Å². The van der Waals surface area contributed by atoms with Gasteiger partial charge in [0.1, 0.15) is 0 Å². The Kier molecular flexibility index (Phi) is 6.96. The Morgan fingerprint density at radius 2 is 1.93 bits per heavy atom. The second kappa shape index (κ2) is 7.40. The number of rotatable bonds is 5. The SMILES string of the molecule is CNN(C)CCC(=O)c1ccccc1.Cl. The Morgan fingerprint density at radius 3 is 2.47 bits per heavy atom. The molecule has 15 heavy (non-hydrogen) atoms. The molecule has 0 bridgehead atoms. The third kappa shape index (κ3) is 4.93. The molecule has 0 saturated carbocycles. The molecule has 84 valence electrons. The van der Waals surface area contributed by atoms with Gasteiger partial charge < -0.3 is 0 Å². The highest BCUT2D eigenvalue weighted by molar-refractivity contribution is 5.96. The minimum absolute atomic E-state index is 0. The number of halogens is 1. The van der Waals surface area contributed by atoms with E-state index in [4.69, 9.17) is 0 Å². The van der Waals surface area contributed by atoms with Crippen molar-refractivity contribution in [2.75, 3.05) is 20.6 Å². The maximum atomic E-state index is 11.6. The topological polar surface area (TPSA) is 32.3 Å². The summed E-state index contributed by atoms with van der Waals surface area (Å²) in [6, 6.07) is 9.38. The van der Waals surface area contributed by atoms with Gasteiger partial charge >= 0.3 is 0 Å². The van der Waals surface area contributed by atoms with Crippen LogP contribution in [0.2, 0.25) is 0 Å². The molecule has 1 aromatic rings. The van der Waals surface area contributed by atoms with Crippen LogP contribution in [0.5, 0.6) is 0 Å². The van der Waals surface area contributed by atoms with Crippen LogP contribution in [0, 0.1) is 0 Å². The molecule has 0 atom stereocenters. The molecule has 0 unspecified atom stereocenters. The molecule has 0 radical (unpaired) electrons. The van der Waals surface area contributed by atoms with Crippen LogP contribution in [-0.2, 0) is 0 Å². The van der Waals surface area contributed by atoms with E-state index in [0.717, 1.165) is 12.1 Å². The molecule has 1 N–H and O–H groups in total. The quantitative estimate of drug-likeness (QED) is 0.616. The molecule has 0 amide bonds. The van der Waals surface area contributed by atoms with Crippen molar-refractivity contribution in [3.05, 3.63) is 35.9 Å². The van der Waals surface area contributed by atoms with Crippen molar-refractivity contribution in [1.82, 2.24) is 10.4 Å². The minimum Gasteiger partial charge on any atom is -0.294 e. The maximum absolute atomic E-state index is 11.6. The summed E-state index contributed by atoms with van der Waals surface area (Å²) in [7, 11) is 3.76. The second-order valence-electron chi connectivity index (χ2n) is 3.18. The van der Waals surface area contributed by atoms with E-state index in [1.165, 1.54) is 0 Å². The van der Waals surface area contributed by atoms with Gasteiger partial charge in [0.2, 0.25) is 0 Å². The number of carbonyl (C=O) groups excluding carboxylic acids is 1. The van der Waals surface area contributed by atoms with Crippen molar-refractivity contribution in [2.45, 2.75) is 6.42 Å². The first-order chi connectivity index (χ1) is 6.74. The molecule has 1 rings (SSSR count). The molecule has 0 aliphatic rings. The highest BCUT2D eigenvalue weighted by Gasteiger charge is 2.05. The van der Waals surface area contributed by atoms with Crippen LogP contribution < -0.4 is 5.43 Å². The van der Waals surface area contributed by atoms with Crippen molar-refractivity contribution >= 4 is 18.2 Å². The normalized spacial score (nSPS) is 9.80. The first kappa shape index (κ1) is 14.1. The second-order valence-corrected chi connectivity index (χ2v) is 3.18. The lowest BCUT2D eigenvalue weighted by atomic mass is 10.1. The Bertz CT molecular complexity index is 290. The molecular weight excluding hydrogens is 212 g/mol. The summed E-state index contributed by atoms with van der Waals surface area (Å²) in [6.45, 7) is 0.726. The maximum Gasteiger partial charge on any atom is 0.164 e. The van der Waals surface area contributed by atoms with E-state index < -0.39 is 0 Å². The Labute approximate surface area is 96.9 Å². The first-order valence-electron chi connectivity index (χ1n) is 4.71. The van der Waals surface area contributed by atoms with Crippen LogP contribution in [0.25, 0.3) is 0 Å². The molecule has 0 fully saturated rings. The summed E-state index contributed by atoms with van der Waals surface area (Å²) in [4.78, 5) is 11.6. The van der Waals surface area contributed by atoms with Gasteiger partial charge in [-0.3, -0.25) is 10.2 Å². The first-order valence-corrected chi connectivity index (χ1v) is 4.71. The lowest BCUT2D eigenvalue weighted by molar-refractivity contribution is 0.0961. The summed E-state index contributed by atoms with van der Waals surface area (Å²) in [5.41, 5.74) is 3.74. The number of ketones is 1. The van der Waals surface area contributed by atoms with E-state index in [2.05, 4.69) is 5.43 Å². The zero-order chi connectivity index (χ0) is 10.4. The van der Waals surface area contributed by atoms with Gasteiger partial charge in [-0.25, -0.2) is 5.01 Å². The fraction of sp³-hybridized carbons (Fsp3) is 0.364. The van der Waals surface area contributed by atoms with Gasteiger partial charge in [0.15, 0.2) is 5.78 Å². The van der Waals surface area contributed by atoms with Crippen molar-refractivity contribution < 1.29 is 4.79 Å². The number of hydrogen-bond acceptors (Lipinski definition) is 3. The number of hydrogen-bond donors (Lipinski definition) is 1. The molecule has 0 saturated heterocycles. The Balaban J connectivity index is 0.00000196. The predicted octanol–water partition coefficient (Wildman–Crippen LogP) is 1.75. The van der Waals surface area contributed by atoms with Gasteiger partial charge in [-0.1, -0.05) is 30.3 Å². The Hall–Kier alpha value is -0.900. The van der Waals surface area contributed by atoms with E-state index in [-0.39, 0.29) is 18.2 Å². The third-order valence-electron chi connectivity index (χ3n) is 2.15. The number of nitrogens with one attached hydrogen (secondary N) is 1. The van der Waals surface area contributed by atoms with E-state index in [1.807, 2.05) is 49.4 Å². The van der Waals surface area contributed by atoms with Crippen molar-refractivity contribution in [3.63, 3.8) is 0 Å². The number of carbonyl (C=O) groups is 1. The van der Waals surface area contributed by atoms with Crippen molar-refractivity contribution in [1.29, 1.82) is 0 Å². The molecule has 0 aliphatic heterocycles. The van der Waals surface area contributed by atoms with Gasteiger partial charge in [0.25, 0.3) is 0 Å². The van der Waals surface area contributed by atoms with E-state index in [0.29, 0.717) is 6.42 Å². The fourth-order valence-corrected chi connectivity index (χ4v) is 1.15. The molecular formula is C11H17ClN2O. The summed E-state index contributed by atoms with van der Waals surface area (Å²) < 4.78 is 0. The third-order valence-corrected chi connectivity index (χ3v) is 2.15. The summed E-state index contributed by atoms with van der Waals surface area (Å²) in [6.07, 6.45) is 0.543. The van der Waals surface area contributed by atoms with Crippen LogP contribution >= 0.6 is 12.4 Å². The molecule has 1 aromatic carbocycles. The van der Waals surface area contributed by atoms with Crippen molar-refractivity contribution in [3.8, 4) is 0 Å². The predicted molar refractivity (Wildman–Crippen MR) is 64.3 cm³/mol. The molecule has 0 aromatic heterocycles. The summed E-state index contributed by atoms with van der Waals surface area (Å²) >= 11 is 0. The molecule has 3 nitrogen and oxygen atoms in total. The molecule has 0 spiro atoms. The van der Waals surface area contributed by atoms with Gasteiger partial charge in [-0.2, -0.15) is 0 Å². The zero-order valence-corrected chi connectivity index (χ0v) is 9.88. The van der Waals surface area contributed by atoms with E-state index in [9.17, 15) is 4.79 Å². The summed E-state index contributed by atoms with van der Waals surface area (Å²) in [5.74, 6) is 0.188. The minimum atomic E-state index is 0. The van der Waals surface area contributed by atoms with Crippen LogP contribution in [0.3, 0.4) is 0 Å². The average Bonchev–Trinajstić information content (AvgIpc) is 2.26. The average molecular weight is 229 g/mol. The van der Waals surface area contributed by atoms with Crippen molar-refractivity contribution in [2.24, 2.45) is 0 Å². The molecule has 0 heterocycles. The number of Topliss-reactive ketones (excluding diaryl/α,β-unsaturated/α-hetero) is 1. The molecule has 0 aliphatic carbocycles. The number of benzene rings is 1. The van der Waals surface area contributed by atoms with Crippen LogP contribution in [0.1, 0.15) is 16.8 Å². The van der Waals surface area contributed by atoms with Gasteiger partial charge in [-0.05, 0) is 7.05 Å². The number of nitrogens with zero attached hydrogens (tertiary/aromatic N) is 1. The van der Waals surface area contributed by atoms with E-state index in [1.54, 1.807) is 0 Å². The van der Waals surface area contributed by atoms with Crippen LogP contribution in [-0.4, -0.2) is 31.4 Å². The van der Waals surface area contributed by atoms with Crippen LogP contribution in [0.4, 0.5) is 0 Å². The smallest absolute Gasteiger partial charge is 0.164 e. The van der Waals surface area contributed by atoms with Gasteiger partial charge in [0.05, 0.1) is 0 Å².